The molecule has 0 fully saturated rings. The zero-order valence-electron chi connectivity index (χ0n) is 20.6. The molecule has 0 radical (unpaired) electrons. The van der Waals surface area contributed by atoms with Crippen LogP contribution in [-0.4, -0.2) is 13.7 Å². The number of fused-ring (bicyclic) bond motifs is 1. The third-order valence-electron chi connectivity index (χ3n) is 6.56. The molecule has 0 amide bonds. The summed E-state index contributed by atoms with van der Waals surface area (Å²) in [6.45, 7) is 0.514. The van der Waals surface area contributed by atoms with Gasteiger partial charge in [0.1, 0.15) is 28.8 Å². The number of alkyl halides is 3. The lowest BCUT2D eigenvalue weighted by molar-refractivity contribution is -0.142. The summed E-state index contributed by atoms with van der Waals surface area (Å²) >= 11 is 0. The van der Waals surface area contributed by atoms with Crippen LogP contribution in [0, 0.1) is 23.3 Å². The van der Waals surface area contributed by atoms with Gasteiger partial charge in [-0.2, -0.15) is 13.2 Å². The first-order valence-corrected chi connectivity index (χ1v) is 12.1. The van der Waals surface area contributed by atoms with Gasteiger partial charge in [0, 0.05) is 12.5 Å². The lowest BCUT2D eigenvalue weighted by Crippen LogP contribution is -2.12. The number of rotatable bonds is 9. The minimum atomic E-state index is -5.14. The van der Waals surface area contributed by atoms with Gasteiger partial charge in [0.25, 0.3) is 0 Å². The molecule has 0 unspecified atom stereocenters. The molecule has 0 atom stereocenters. The number of methoxy groups -OCH3 is 1. The van der Waals surface area contributed by atoms with Gasteiger partial charge in [-0.3, -0.25) is 0 Å². The molecule has 0 aliphatic carbocycles. The molecule has 8 heteroatoms. The topological polar surface area (TPSA) is 9.23 Å². The molecular formula is C30H25F7O. The van der Waals surface area contributed by atoms with Crippen LogP contribution in [0.15, 0.2) is 60.7 Å². The van der Waals surface area contributed by atoms with Gasteiger partial charge in [0.05, 0.1) is 6.61 Å². The number of halogens is 7. The van der Waals surface area contributed by atoms with E-state index in [2.05, 4.69) is 0 Å². The summed E-state index contributed by atoms with van der Waals surface area (Å²) in [7, 11) is 1.59. The van der Waals surface area contributed by atoms with Crippen LogP contribution < -0.4 is 0 Å². The average molecular weight is 535 g/mol. The number of benzene rings is 4. The first-order valence-electron chi connectivity index (χ1n) is 12.1. The lowest BCUT2D eigenvalue weighted by atomic mass is 9.96. The van der Waals surface area contributed by atoms with E-state index in [1.54, 1.807) is 37.4 Å². The maximum atomic E-state index is 15.2. The van der Waals surface area contributed by atoms with Crippen LogP contribution >= 0.6 is 0 Å². The molecular weight excluding hydrogens is 509 g/mol. The van der Waals surface area contributed by atoms with Crippen LogP contribution in [0.25, 0.3) is 10.8 Å². The van der Waals surface area contributed by atoms with Crippen LogP contribution in [0.1, 0.15) is 33.4 Å². The molecule has 0 N–H and O–H groups in total. The highest BCUT2D eigenvalue weighted by molar-refractivity contribution is 5.84. The van der Waals surface area contributed by atoms with Crippen molar-refractivity contribution >= 4 is 10.8 Å². The quantitative estimate of drug-likeness (QED) is 0.197. The van der Waals surface area contributed by atoms with Crippen molar-refractivity contribution in [2.45, 2.75) is 38.3 Å². The smallest absolute Gasteiger partial charge is 0.384 e. The molecule has 4 aromatic rings. The molecule has 0 aliphatic heterocycles. The van der Waals surface area contributed by atoms with E-state index in [0.717, 1.165) is 11.1 Å². The van der Waals surface area contributed by atoms with Crippen LogP contribution in [-0.2, 0) is 43.0 Å². The molecule has 38 heavy (non-hydrogen) atoms. The normalized spacial score (nSPS) is 11.9. The second-order valence-electron chi connectivity index (χ2n) is 9.19. The van der Waals surface area contributed by atoms with Crippen molar-refractivity contribution in [1.29, 1.82) is 0 Å². The van der Waals surface area contributed by atoms with E-state index >= 15 is 4.39 Å². The van der Waals surface area contributed by atoms with Gasteiger partial charge in [-0.25, -0.2) is 17.6 Å². The van der Waals surface area contributed by atoms with E-state index in [1.807, 2.05) is 12.1 Å². The van der Waals surface area contributed by atoms with Crippen molar-refractivity contribution in [1.82, 2.24) is 0 Å². The summed E-state index contributed by atoms with van der Waals surface area (Å²) < 4.78 is 101. The summed E-state index contributed by atoms with van der Waals surface area (Å²) in [6, 6.07) is 14.9. The molecule has 0 aliphatic rings. The third kappa shape index (κ3) is 6.35. The van der Waals surface area contributed by atoms with Crippen LogP contribution in [0.4, 0.5) is 30.7 Å². The Kier molecular flexibility index (Phi) is 8.41. The Labute approximate surface area is 215 Å². The summed E-state index contributed by atoms with van der Waals surface area (Å²) in [5.74, 6) is -4.16. The fraction of sp³-hybridized carbons (Fsp3) is 0.267. The predicted octanol–water partition coefficient (Wildman–Crippen LogP) is 8.17. The van der Waals surface area contributed by atoms with Gasteiger partial charge in [-0.05, 0) is 83.5 Å². The van der Waals surface area contributed by atoms with Crippen molar-refractivity contribution in [3.8, 4) is 0 Å². The van der Waals surface area contributed by atoms with E-state index in [-0.39, 0.29) is 29.8 Å². The SMILES string of the molecule is COCCc1ccc(CCc2ccc3c(F)c(CCc4cc(F)c(C(F)(F)F)c(F)c4)ccc3c2)c(F)c1. The predicted molar refractivity (Wildman–Crippen MR) is 132 cm³/mol. The van der Waals surface area contributed by atoms with Gasteiger partial charge >= 0.3 is 6.18 Å². The molecule has 1 nitrogen and oxygen atoms in total. The molecule has 0 saturated carbocycles. The van der Waals surface area contributed by atoms with Gasteiger partial charge in [-0.15, -0.1) is 0 Å². The van der Waals surface area contributed by atoms with E-state index in [9.17, 15) is 26.3 Å². The zero-order chi connectivity index (χ0) is 27.4. The summed E-state index contributed by atoms with van der Waals surface area (Å²) in [4.78, 5) is 0. The molecule has 0 heterocycles. The van der Waals surface area contributed by atoms with E-state index in [1.165, 1.54) is 6.07 Å². The fourth-order valence-corrected chi connectivity index (χ4v) is 4.50. The minimum absolute atomic E-state index is 0.00167. The highest BCUT2D eigenvalue weighted by Gasteiger charge is 2.37. The molecule has 0 spiro atoms. The van der Waals surface area contributed by atoms with Crippen LogP contribution in [0.3, 0.4) is 0 Å². The Bertz CT molecular complexity index is 1420. The molecule has 200 valence electrons. The third-order valence-corrected chi connectivity index (χ3v) is 6.56. The first-order chi connectivity index (χ1) is 18.1. The first kappa shape index (κ1) is 27.6. The maximum Gasteiger partial charge on any atom is 0.422 e. The molecule has 4 rings (SSSR count). The minimum Gasteiger partial charge on any atom is -0.384 e. The number of hydrogen-bond donors (Lipinski definition) is 0. The standard InChI is InChI=1S/C30H25F7O/c1-38-13-12-19-3-7-21(25(31)15-19)6-2-18-5-11-24-23(14-18)10-9-22(29(24)34)8-4-20-16-26(32)28(27(33)17-20)30(35,36)37/h3,5,7,9-11,14-17H,2,4,6,8,12-13H2,1H3. The Morgan fingerprint density at radius 1 is 0.605 bits per heavy atom. The van der Waals surface area contributed by atoms with Crippen molar-refractivity contribution in [3.63, 3.8) is 0 Å². The van der Waals surface area contributed by atoms with Crippen molar-refractivity contribution < 1.29 is 35.5 Å². The van der Waals surface area contributed by atoms with Crippen molar-refractivity contribution in [3.05, 3.63) is 117 Å². The summed E-state index contributed by atoms with van der Waals surface area (Å²) in [5.41, 5.74) is 0.699. The number of hydrogen-bond acceptors (Lipinski definition) is 1. The van der Waals surface area contributed by atoms with Gasteiger partial charge in [0.2, 0.25) is 0 Å². The second-order valence-corrected chi connectivity index (χ2v) is 9.19. The Morgan fingerprint density at radius 3 is 1.84 bits per heavy atom. The zero-order valence-corrected chi connectivity index (χ0v) is 20.6. The number of ether oxygens (including phenoxy) is 1. The molecule has 0 bridgehead atoms. The summed E-state index contributed by atoms with van der Waals surface area (Å²) in [6.07, 6.45) is -3.47. The van der Waals surface area contributed by atoms with Gasteiger partial charge in [-0.1, -0.05) is 42.5 Å². The van der Waals surface area contributed by atoms with Crippen molar-refractivity contribution in [2.75, 3.05) is 13.7 Å². The maximum absolute atomic E-state index is 15.2. The summed E-state index contributed by atoms with van der Waals surface area (Å²) in [5, 5.41) is 0.996. The highest BCUT2D eigenvalue weighted by atomic mass is 19.4. The van der Waals surface area contributed by atoms with E-state index in [0.29, 0.717) is 54.3 Å². The lowest BCUT2D eigenvalue weighted by Gasteiger charge is -2.12. The van der Waals surface area contributed by atoms with Gasteiger partial charge in [0.15, 0.2) is 0 Å². The van der Waals surface area contributed by atoms with Crippen LogP contribution in [0.5, 0.6) is 0 Å². The van der Waals surface area contributed by atoms with E-state index in [4.69, 9.17) is 4.74 Å². The Morgan fingerprint density at radius 2 is 1.18 bits per heavy atom. The Hall–Kier alpha value is -3.39. The Balaban J connectivity index is 1.44. The molecule has 4 aromatic carbocycles. The second kappa shape index (κ2) is 11.6. The largest absolute Gasteiger partial charge is 0.422 e. The van der Waals surface area contributed by atoms with Crippen LogP contribution in [0.2, 0.25) is 0 Å². The highest BCUT2D eigenvalue weighted by Crippen LogP contribution is 2.34. The van der Waals surface area contributed by atoms with Gasteiger partial charge < -0.3 is 4.74 Å². The average Bonchev–Trinajstić information content (AvgIpc) is 2.85. The molecule has 0 saturated heterocycles. The van der Waals surface area contributed by atoms with Crippen molar-refractivity contribution in [2.24, 2.45) is 0 Å². The van der Waals surface area contributed by atoms with E-state index < -0.39 is 29.2 Å². The molecule has 0 aromatic heterocycles. The monoisotopic (exact) mass is 534 g/mol. The number of aryl methyl sites for hydroxylation is 4. The fourth-order valence-electron chi connectivity index (χ4n) is 4.50.